The van der Waals surface area contributed by atoms with Crippen LogP contribution in [0, 0.1) is 0 Å². The maximum absolute atomic E-state index is 11.4. The lowest BCUT2D eigenvalue weighted by atomic mass is 9.98. The lowest BCUT2D eigenvalue weighted by Gasteiger charge is -2.46. The molecule has 17 atom stereocenters. The molecule has 0 aromatic heterocycles. The van der Waals surface area contributed by atoms with Crippen LogP contribution in [0.25, 0.3) is 0 Å². The zero-order chi connectivity index (χ0) is 44.2. The largest absolute Gasteiger partial charge is 0.479 e. The zero-order valence-electron chi connectivity index (χ0n) is 35.3. The Balaban J connectivity index is 1.49. The number of unbranched alkanes of at least 4 members (excludes halogenated alkanes) is 10. The van der Waals surface area contributed by atoms with Crippen LogP contribution in [0.3, 0.4) is 0 Å². The number of aliphatic hydroxyl groups excluding tert-OH is 10. The molecule has 3 aliphatic rings. The number of carboxylic acids is 1. The fraction of sp³-hybridized carbons (Fsp3) is 0.976. The van der Waals surface area contributed by atoms with Gasteiger partial charge in [-0.05, 0) is 38.5 Å². The molecule has 3 fully saturated rings. The van der Waals surface area contributed by atoms with Crippen LogP contribution < -0.4 is 0 Å². The fourth-order valence-corrected chi connectivity index (χ4v) is 7.81. The summed E-state index contributed by atoms with van der Waals surface area (Å²) >= 11 is 0. The molecule has 0 aliphatic carbocycles. The Morgan fingerprint density at radius 3 is 1.73 bits per heavy atom. The molecule has 0 amide bonds. The van der Waals surface area contributed by atoms with E-state index in [9.17, 15) is 55.9 Å². The number of hydrogen-bond acceptors (Lipinski definition) is 18. The molecule has 354 valence electrons. The topological polar surface area (TPSA) is 304 Å². The number of hydrogen-bond donors (Lipinski definition) is 11. The maximum atomic E-state index is 11.4. The van der Waals surface area contributed by atoms with Crippen molar-refractivity contribution in [1.29, 1.82) is 0 Å². The Labute approximate surface area is 353 Å². The van der Waals surface area contributed by atoms with Gasteiger partial charge in [0, 0.05) is 7.11 Å². The van der Waals surface area contributed by atoms with Crippen molar-refractivity contribution in [3.63, 3.8) is 0 Å². The van der Waals surface area contributed by atoms with Crippen LogP contribution in [0.4, 0.5) is 0 Å². The summed E-state index contributed by atoms with van der Waals surface area (Å²) in [6.07, 6.45) is -8.29. The quantitative estimate of drug-likeness (QED) is 0.0422. The van der Waals surface area contributed by atoms with Gasteiger partial charge in [-0.1, -0.05) is 84.0 Å². The number of carboxylic acid groups (broad SMARTS) is 1. The van der Waals surface area contributed by atoms with E-state index >= 15 is 0 Å². The van der Waals surface area contributed by atoms with Gasteiger partial charge in [-0.25, -0.2) is 4.79 Å². The molecule has 17 unspecified atom stereocenters. The van der Waals surface area contributed by atoms with E-state index in [0.717, 1.165) is 70.6 Å². The number of methoxy groups -OCH3 is 1. The lowest BCUT2D eigenvalue weighted by Crippen LogP contribution is -2.64. The summed E-state index contributed by atoms with van der Waals surface area (Å²) in [6, 6.07) is 0. The van der Waals surface area contributed by atoms with Crippen molar-refractivity contribution in [1.82, 2.24) is 0 Å². The third-order valence-electron chi connectivity index (χ3n) is 11.8. The summed E-state index contributed by atoms with van der Waals surface area (Å²) in [7, 11) is 1.39. The number of aliphatic hydroxyl groups is 10. The Bertz CT molecular complexity index is 1140. The third kappa shape index (κ3) is 17.1. The molecule has 0 aromatic rings. The summed E-state index contributed by atoms with van der Waals surface area (Å²) in [5.74, 6) is -1.17. The molecule has 3 rings (SSSR count). The van der Waals surface area contributed by atoms with Gasteiger partial charge in [-0.3, -0.25) is 0 Å². The molecule has 19 nitrogen and oxygen atoms in total. The molecule has 3 heterocycles. The van der Waals surface area contributed by atoms with Crippen molar-refractivity contribution >= 4 is 5.97 Å². The van der Waals surface area contributed by atoms with Crippen LogP contribution in [-0.2, 0) is 38.0 Å². The van der Waals surface area contributed by atoms with Gasteiger partial charge in [0.25, 0.3) is 0 Å². The van der Waals surface area contributed by atoms with Crippen LogP contribution in [0.15, 0.2) is 0 Å². The SMILES string of the molecule is CCCCC(CCCC(O)C(O)CCCCCCCCCCCCC(O)C(=O)O)OC1OCC(OC)C(O)C1OC1OCC(O)C(O)C1OC1OC(CO)C(O)C(O)C1O. The fourth-order valence-electron chi connectivity index (χ4n) is 7.81. The maximum Gasteiger partial charge on any atom is 0.332 e. The molecule has 3 aliphatic heterocycles. The number of rotatable bonds is 30. The number of carbonyl (C=O) groups is 1. The summed E-state index contributed by atoms with van der Waals surface area (Å²) in [5, 5.41) is 113. The van der Waals surface area contributed by atoms with E-state index in [2.05, 4.69) is 0 Å². The van der Waals surface area contributed by atoms with Gasteiger partial charge in [-0.15, -0.1) is 0 Å². The summed E-state index contributed by atoms with van der Waals surface area (Å²) in [4.78, 5) is 10.7. The second-order valence-corrected chi connectivity index (χ2v) is 16.6. The zero-order valence-corrected chi connectivity index (χ0v) is 35.3. The average Bonchev–Trinajstić information content (AvgIpc) is 3.23. The molecule has 0 bridgehead atoms. The first-order valence-corrected chi connectivity index (χ1v) is 22.1. The highest BCUT2D eigenvalue weighted by molar-refractivity contribution is 5.71. The van der Waals surface area contributed by atoms with Crippen LogP contribution in [-0.4, -0.2) is 193 Å². The summed E-state index contributed by atoms with van der Waals surface area (Å²) < 4.78 is 41.0. The molecule has 19 heteroatoms. The predicted octanol–water partition coefficient (Wildman–Crippen LogP) is -0.0388. The Hall–Kier alpha value is -1.21. The minimum Gasteiger partial charge on any atom is -0.479 e. The highest BCUT2D eigenvalue weighted by Gasteiger charge is 2.51. The van der Waals surface area contributed by atoms with Crippen molar-refractivity contribution in [2.45, 2.75) is 227 Å². The summed E-state index contributed by atoms with van der Waals surface area (Å²) in [6.45, 7) is 0.866. The van der Waals surface area contributed by atoms with Gasteiger partial charge in [0.1, 0.15) is 61.0 Å². The van der Waals surface area contributed by atoms with E-state index in [0.29, 0.717) is 38.5 Å². The molecule has 0 radical (unpaired) electrons. The van der Waals surface area contributed by atoms with E-state index in [1.54, 1.807) is 0 Å². The molecule has 0 saturated carbocycles. The highest BCUT2D eigenvalue weighted by Crippen LogP contribution is 2.32. The minimum atomic E-state index is -1.82. The van der Waals surface area contributed by atoms with E-state index in [-0.39, 0.29) is 13.0 Å². The molecule has 0 aromatic carbocycles. The first-order valence-electron chi connectivity index (χ1n) is 22.1. The Morgan fingerprint density at radius 1 is 0.617 bits per heavy atom. The molecule has 0 spiro atoms. The van der Waals surface area contributed by atoms with Crippen molar-refractivity contribution in [3.8, 4) is 0 Å². The van der Waals surface area contributed by atoms with E-state index < -0.39 is 124 Å². The van der Waals surface area contributed by atoms with Gasteiger partial charge in [0.2, 0.25) is 0 Å². The monoisotopic (exact) mass is 872 g/mol. The second kappa shape index (κ2) is 28.6. The first kappa shape index (κ1) is 53.1. The third-order valence-corrected chi connectivity index (χ3v) is 11.8. The van der Waals surface area contributed by atoms with Gasteiger partial charge in [0.05, 0.1) is 38.1 Å². The van der Waals surface area contributed by atoms with Crippen LogP contribution in [0.2, 0.25) is 0 Å². The van der Waals surface area contributed by atoms with E-state index in [1.165, 1.54) is 7.11 Å². The van der Waals surface area contributed by atoms with Crippen molar-refractivity contribution < 1.29 is 94.1 Å². The smallest absolute Gasteiger partial charge is 0.332 e. The van der Waals surface area contributed by atoms with Crippen molar-refractivity contribution in [2.24, 2.45) is 0 Å². The molecular formula is C41H76O19. The normalized spacial score (nSPS) is 34.6. The first-order chi connectivity index (χ1) is 28.7. The van der Waals surface area contributed by atoms with Crippen molar-refractivity contribution in [3.05, 3.63) is 0 Å². The van der Waals surface area contributed by atoms with Crippen LogP contribution in [0.5, 0.6) is 0 Å². The lowest BCUT2D eigenvalue weighted by molar-refractivity contribution is -0.381. The van der Waals surface area contributed by atoms with Gasteiger partial charge < -0.3 is 89.3 Å². The Morgan fingerprint density at radius 2 is 1.15 bits per heavy atom. The van der Waals surface area contributed by atoms with E-state index in [4.69, 9.17) is 38.3 Å². The molecule has 60 heavy (non-hydrogen) atoms. The van der Waals surface area contributed by atoms with Crippen LogP contribution >= 0.6 is 0 Å². The molecule has 3 saturated heterocycles. The Kier molecular flexibility index (Phi) is 25.3. The van der Waals surface area contributed by atoms with E-state index in [1.807, 2.05) is 6.92 Å². The van der Waals surface area contributed by atoms with Gasteiger partial charge in [0.15, 0.2) is 25.0 Å². The number of ether oxygens (including phenoxy) is 7. The van der Waals surface area contributed by atoms with Gasteiger partial charge >= 0.3 is 5.97 Å². The summed E-state index contributed by atoms with van der Waals surface area (Å²) in [5.41, 5.74) is 0. The number of aliphatic carboxylic acids is 1. The highest BCUT2D eigenvalue weighted by atomic mass is 16.8. The van der Waals surface area contributed by atoms with Crippen molar-refractivity contribution in [2.75, 3.05) is 26.9 Å². The average molecular weight is 873 g/mol. The van der Waals surface area contributed by atoms with Crippen LogP contribution in [0.1, 0.15) is 122 Å². The second-order valence-electron chi connectivity index (χ2n) is 16.6. The molecule has 11 N–H and O–H groups in total. The standard InChI is InChI=1S/C41H76O19/c1-3-4-16-24(17-15-20-26(44)25(43)18-13-11-9-7-5-6-8-10-12-14-19-27(45)38(52)53)57-40-37(33(49)30(54-2)23-56-40)60-41-36(31(47)28(46)22-55-41)59-39-35(51)34(50)32(48)29(21-42)58-39/h24-37,39-51H,3-23H2,1-2H3,(H,52,53). The predicted molar refractivity (Wildman–Crippen MR) is 211 cm³/mol. The van der Waals surface area contributed by atoms with Gasteiger partial charge in [-0.2, -0.15) is 0 Å². The minimum absolute atomic E-state index is 0.0463. The molecular weight excluding hydrogens is 796 g/mol.